The number of esters is 2. The molecule has 7 rings (SSSR count). The molecule has 0 aromatic heterocycles. The Morgan fingerprint density at radius 2 is 1.91 bits per heavy atom. The Balaban J connectivity index is 1.20. The molecule has 3 heterocycles. The van der Waals surface area contributed by atoms with E-state index in [1.165, 1.54) is 0 Å². The first-order chi connectivity index (χ1) is 15.8. The zero-order valence-electron chi connectivity index (χ0n) is 19.4. The molecular formula is C27H30O6. The molecule has 0 N–H and O–H groups in total. The summed E-state index contributed by atoms with van der Waals surface area (Å²) in [5.41, 5.74) is 1.61. The molecule has 174 valence electrons. The second kappa shape index (κ2) is 6.08. The highest BCUT2D eigenvalue weighted by Gasteiger charge is 2.88. The molecule has 6 nitrogen and oxygen atoms in total. The fourth-order valence-electron chi connectivity index (χ4n) is 8.43. The van der Waals surface area contributed by atoms with E-state index in [1.807, 2.05) is 37.3 Å². The molecule has 2 spiro atoms. The summed E-state index contributed by atoms with van der Waals surface area (Å²) >= 11 is 0. The zero-order chi connectivity index (χ0) is 22.8. The lowest BCUT2D eigenvalue weighted by Gasteiger charge is -2.58. The van der Waals surface area contributed by atoms with E-state index in [1.54, 1.807) is 0 Å². The van der Waals surface area contributed by atoms with Gasteiger partial charge in [0.2, 0.25) is 0 Å². The van der Waals surface area contributed by atoms with E-state index < -0.39 is 11.2 Å². The number of hydrogen-bond donors (Lipinski definition) is 0. The van der Waals surface area contributed by atoms with Gasteiger partial charge >= 0.3 is 11.9 Å². The molecule has 0 amide bonds. The van der Waals surface area contributed by atoms with Crippen LogP contribution in [0.3, 0.4) is 0 Å². The molecule has 0 radical (unpaired) electrons. The summed E-state index contributed by atoms with van der Waals surface area (Å²) in [4.78, 5) is 25.9. The quantitative estimate of drug-likeness (QED) is 0.510. The van der Waals surface area contributed by atoms with Crippen LogP contribution in [0.5, 0.6) is 0 Å². The molecular weight excluding hydrogens is 420 g/mol. The van der Waals surface area contributed by atoms with Gasteiger partial charge in [-0.05, 0) is 56.4 Å². The van der Waals surface area contributed by atoms with E-state index in [0.29, 0.717) is 12.2 Å². The van der Waals surface area contributed by atoms with Gasteiger partial charge in [-0.1, -0.05) is 43.7 Å². The Kier molecular flexibility index (Phi) is 3.73. The second-order valence-electron chi connectivity index (χ2n) is 11.5. The smallest absolute Gasteiger partial charge is 0.336 e. The van der Waals surface area contributed by atoms with Crippen LogP contribution in [0.25, 0.3) is 0 Å². The number of fused-ring (bicyclic) bond motifs is 4. The van der Waals surface area contributed by atoms with Crippen LogP contribution < -0.4 is 0 Å². The average molecular weight is 451 g/mol. The Morgan fingerprint density at radius 1 is 1.12 bits per heavy atom. The Morgan fingerprint density at radius 3 is 2.70 bits per heavy atom. The van der Waals surface area contributed by atoms with Crippen LogP contribution in [0.15, 0.2) is 41.5 Å². The molecule has 33 heavy (non-hydrogen) atoms. The van der Waals surface area contributed by atoms with E-state index in [4.69, 9.17) is 18.9 Å². The topological polar surface area (TPSA) is 77.7 Å². The number of benzene rings is 1. The van der Waals surface area contributed by atoms with Gasteiger partial charge in [0.25, 0.3) is 5.79 Å². The van der Waals surface area contributed by atoms with Crippen molar-refractivity contribution in [3.05, 3.63) is 47.0 Å². The van der Waals surface area contributed by atoms with Gasteiger partial charge in [-0.3, -0.25) is 4.79 Å². The number of carbonyl (C=O) groups excluding carboxylic acids is 2. The molecule has 3 saturated carbocycles. The van der Waals surface area contributed by atoms with E-state index in [2.05, 4.69) is 13.8 Å². The predicted molar refractivity (Wildman–Crippen MR) is 117 cm³/mol. The molecule has 6 heteroatoms. The number of hydrogen-bond acceptors (Lipinski definition) is 6. The van der Waals surface area contributed by atoms with Crippen molar-refractivity contribution in [3.8, 4) is 0 Å². The summed E-state index contributed by atoms with van der Waals surface area (Å²) in [7, 11) is 0. The van der Waals surface area contributed by atoms with Crippen LogP contribution >= 0.6 is 0 Å². The minimum absolute atomic E-state index is 0.0938. The first-order valence-electron chi connectivity index (χ1n) is 12.3. The third-order valence-electron chi connectivity index (χ3n) is 9.95. The minimum atomic E-state index is -0.914. The Hall–Kier alpha value is -2.18. The Labute approximate surface area is 193 Å². The summed E-state index contributed by atoms with van der Waals surface area (Å²) in [5, 5.41) is 0. The molecule has 6 aliphatic rings. The Bertz CT molecular complexity index is 1110. The summed E-state index contributed by atoms with van der Waals surface area (Å²) in [6, 6.07) is 9.85. The molecule has 1 aromatic rings. The van der Waals surface area contributed by atoms with Crippen LogP contribution in [0.4, 0.5) is 0 Å². The van der Waals surface area contributed by atoms with E-state index >= 15 is 0 Å². The van der Waals surface area contributed by atoms with Crippen molar-refractivity contribution >= 4 is 11.9 Å². The van der Waals surface area contributed by atoms with Crippen LogP contribution in [-0.2, 0) is 35.1 Å². The van der Waals surface area contributed by atoms with Gasteiger partial charge in [-0.25, -0.2) is 4.79 Å². The summed E-state index contributed by atoms with van der Waals surface area (Å²) < 4.78 is 24.4. The van der Waals surface area contributed by atoms with E-state index in [-0.39, 0.29) is 47.0 Å². The summed E-state index contributed by atoms with van der Waals surface area (Å²) in [6.07, 6.45) is 4.34. The zero-order valence-corrected chi connectivity index (χ0v) is 19.4. The van der Waals surface area contributed by atoms with Gasteiger partial charge in [0.15, 0.2) is 0 Å². The van der Waals surface area contributed by atoms with Gasteiger partial charge in [0.05, 0.1) is 5.41 Å². The lowest BCUT2D eigenvalue weighted by molar-refractivity contribution is -0.180. The lowest BCUT2D eigenvalue weighted by Crippen LogP contribution is -2.61. The van der Waals surface area contributed by atoms with Crippen LogP contribution in [0, 0.1) is 22.7 Å². The SMILES string of the molecule is CC1=C2C3OC34CCC3C(C)(C(=O)OCc5ccccc5)CCCC3(C)C4C3OC23OC1=O. The van der Waals surface area contributed by atoms with Crippen molar-refractivity contribution < 1.29 is 28.5 Å². The first-order valence-corrected chi connectivity index (χ1v) is 12.3. The number of carbonyl (C=O) groups is 2. The molecule has 8 atom stereocenters. The molecule has 3 aliphatic heterocycles. The van der Waals surface area contributed by atoms with Crippen molar-refractivity contribution in [3.63, 3.8) is 0 Å². The third-order valence-corrected chi connectivity index (χ3v) is 9.95. The van der Waals surface area contributed by atoms with Gasteiger partial charge in [-0.15, -0.1) is 0 Å². The van der Waals surface area contributed by atoms with Crippen molar-refractivity contribution in [2.45, 2.75) is 83.1 Å². The van der Waals surface area contributed by atoms with E-state index in [9.17, 15) is 9.59 Å². The maximum absolute atomic E-state index is 13.5. The monoisotopic (exact) mass is 450 g/mol. The molecule has 0 bridgehead atoms. The standard InChI is InChI=1S/C27H30O6/c1-15-18-20-26(31-20)13-10-17-24(2,19(26)21-27(18,32-21)33-22(15)28)11-7-12-25(17,3)23(29)30-14-16-8-5-4-6-9-16/h4-6,8-9,17,19-21H,7,10-14H2,1-3H3. The van der Waals surface area contributed by atoms with Crippen LogP contribution in [-0.4, -0.2) is 35.5 Å². The molecule has 2 saturated heterocycles. The first kappa shape index (κ1) is 20.2. The molecule has 1 aromatic carbocycles. The van der Waals surface area contributed by atoms with Crippen LogP contribution in [0.2, 0.25) is 0 Å². The van der Waals surface area contributed by atoms with Gasteiger partial charge in [0, 0.05) is 17.1 Å². The number of epoxide rings is 2. The highest BCUT2D eigenvalue weighted by Crippen LogP contribution is 2.78. The highest BCUT2D eigenvalue weighted by atomic mass is 16.8. The summed E-state index contributed by atoms with van der Waals surface area (Å²) in [5.74, 6) is -1.01. The third kappa shape index (κ3) is 2.32. The van der Waals surface area contributed by atoms with Gasteiger partial charge < -0.3 is 18.9 Å². The van der Waals surface area contributed by atoms with Gasteiger partial charge in [0.1, 0.15) is 24.4 Å². The lowest BCUT2D eigenvalue weighted by atomic mass is 9.43. The van der Waals surface area contributed by atoms with Crippen molar-refractivity contribution in [2.24, 2.45) is 22.7 Å². The number of rotatable bonds is 3. The molecule has 5 fully saturated rings. The average Bonchev–Trinajstić information content (AvgIpc) is 3.67. The van der Waals surface area contributed by atoms with Gasteiger partial charge in [-0.2, -0.15) is 0 Å². The minimum Gasteiger partial charge on any atom is -0.460 e. The fraction of sp³-hybridized carbons (Fsp3) is 0.630. The normalized spacial score (nSPS) is 48.5. The van der Waals surface area contributed by atoms with Crippen molar-refractivity contribution in [1.82, 2.24) is 0 Å². The molecule has 8 unspecified atom stereocenters. The van der Waals surface area contributed by atoms with Crippen molar-refractivity contribution in [1.29, 1.82) is 0 Å². The van der Waals surface area contributed by atoms with E-state index in [0.717, 1.165) is 43.2 Å². The highest BCUT2D eigenvalue weighted by molar-refractivity contribution is 5.94. The van der Waals surface area contributed by atoms with Crippen molar-refractivity contribution in [2.75, 3.05) is 0 Å². The maximum Gasteiger partial charge on any atom is 0.336 e. The molecule has 3 aliphatic carbocycles. The largest absolute Gasteiger partial charge is 0.460 e. The second-order valence-corrected chi connectivity index (χ2v) is 11.5. The predicted octanol–water partition coefficient (Wildman–Crippen LogP) is 4.07. The fourth-order valence-corrected chi connectivity index (χ4v) is 8.43. The van der Waals surface area contributed by atoms with Crippen LogP contribution in [0.1, 0.15) is 58.4 Å². The summed E-state index contributed by atoms with van der Waals surface area (Å²) in [6.45, 7) is 6.55. The number of ether oxygens (including phenoxy) is 4. The maximum atomic E-state index is 13.5.